The molecular formula is C32H48N8O5. The average molecular weight is 625 g/mol. The molecule has 246 valence electrons. The number of fused-ring (bicyclic) bond motifs is 1. The highest BCUT2D eigenvalue weighted by atomic mass is 16.6. The quantitative estimate of drug-likeness (QED) is 0.339. The Bertz CT molecular complexity index is 1510. The second-order valence-electron chi connectivity index (χ2n) is 14.5. The summed E-state index contributed by atoms with van der Waals surface area (Å²) in [5.41, 5.74) is 1.16. The summed E-state index contributed by atoms with van der Waals surface area (Å²) < 4.78 is 15.1. The van der Waals surface area contributed by atoms with Crippen LogP contribution >= 0.6 is 0 Å². The van der Waals surface area contributed by atoms with Crippen molar-refractivity contribution in [2.24, 2.45) is 5.92 Å². The molecule has 1 aliphatic carbocycles. The number of rotatable bonds is 8. The van der Waals surface area contributed by atoms with Gasteiger partial charge < -0.3 is 24.8 Å². The average Bonchev–Trinajstić information content (AvgIpc) is 3.50. The molecule has 4 heterocycles. The number of likely N-dealkylation sites (tertiary alicyclic amines) is 1. The van der Waals surface area contributed by atoms with Crippen LogP contribution in [0.15, 0.2) is 24.5 Å². The first kappa shape index (κ1) is 32.5. The molecule has 1 saturated carbocycles. The van der Waals surface area contributed by atoms with E-state index in [0.29, 0.717) is 42.8 Å². The lowest BCUT2D eigenvalue weighted by Crippen LogP contribution is -2.49. The molecule has 0 radical (unpaired) electrons. The molecule has 3 aromatic heterocycles. The summed E-state index contributed by atoms with van der Waals surface area (Å²) in [4.78, 5) is 34.4. The third kappa shape index (κ3) is 7.86. The molecule has 3 aromatic rings. The van der Waals surface area contributed by atoms with Gasteiger partial charge in [0.05, 0.1) is 37.1 Å². The van der Waals surface area contributed by atoms with Crippen LogP contribution in [0.2, 0.25) is 0 Å². The zero-order valence-electron chi connectivity index (χ0n) is 27.8. The predicted octanol–water partition coefficient (Wildman–Crippen LogP) is 5.36. The van der Waals surface area contributed by atoms with E-state index in [2.05, 4.69) is 29.4 Å². The molecule has 5 rings (SSSR count). The Morgan fingerprint density at radius 2 is 1.80 bits per heavy atom. The second kappa shape index (κ2) is 12.5. The van der Waals surface area contributed by atoms with Crippen molar-refractivity contribution in [3.05, 3.63) is 35.8 Å². The molecule has 1 aliphatic heterocycles. The number of carbonyl (C=O) groups is 2. The highest BCUT2D eigenvalue weighted by Gasteiger charge is 2.34. The Hall–Kier alpha value is -3.87. The number of ether oxygens (including phenoxy) is 2. The van der Waals surface area contributed by atoms with Crippen LogP contribution in [0, 0.1) is 5.92 Å². The van der Waals surface area contributed by atoms with Gasteiger partial charge in [-0.05, 0) is 72.8 Å². The number of carbonyl (C=O) groups excluding carboxylic acids is 2. The lowest BCUT2D eigenvalue weighted by Gasteiger charge is -2.36. The molecular weight excluding hydrogens is 576 g/mol. The topological polar surface area (TPSA) is 139 Å². The number of hydrogen-bond donors (Lipinski definition) is 2. The molecule has 2 aliphatic rings. The van der Waals surface area contributed by atoms with Gasteiger partial charge in [-0.25, -0.2) is 14.6 Å². The summed E-state index contributed by atoms with van der Waals surface area (Å²) >= 11 is 0. The maximum atomic E-state index is 13.8. The fourth-order valence-corrected chi connectivity index (χ4v) is 5.43. The van der Waals surface area contributed by atoms with E-state index in [1.54, 1.807) is 32.8 Å². The second-order valence-corrected chi connectivity index (χ2v) is 14.5. The van der Waals surface area contributed by atoms with Gasteiger partial charge in [-0.15, -0.1) is 0 Å². The van der Waals surface area contributed by atoms with Gasteiger partial charge in [0.1, 0.15) is 22.8 Å². The van der Waals surface area contributed by atoms with E-state index in [0.717, 1.165) is 24.1 Å². The van der Waals surface area contributed by atoms with Crippen molar-refractivity contribution in [1.29, 1.82) is 0 Å². The van der Waals surface area contributed by atoms with Gasteiger partial charge in [-0.2, -0.15) is 14.7 Å². The van der Waals surface area contributed by atoms with E-state index in [9.17, 15) is 14.7 Å². The molecule has 45 heavy (non-hydrogen) atoms. The molecule has 0 unspecified atom stereocenters. The minimum Gasteiger partial charge on any atom is -0.444 e. The van der Waals surface area contributed by atoms with E-state index >= 15 is 0 Å². The number of nitrogens with one attached hydrogen (secondary N) is 1. The van der Waals surface area contributed by atoms with E-state index in [1.807, 2.05) is 52.3 Å². The highest BCUT2D eigenvalue weighted by molar-refractivity contribution is 5.88. The number of β-amino-alcohol motifs (C(OH)–C–C–N with tert-alkyl or cyclic N) is 1. The van der Waals surface area contributed by atoms with E-state index in [1.165, 1.54) is 0 Å². The number of nitrogens with zero attached hydrogens (tertiary/aromatic N) is 7. The Kier molecular flexibility index (Phi) is 9.03. The van der Waals surface area contributed by atoms with Crippen molar-refractivity contribution in [3.8, 4) is 0 Å². The van der Waals surface area contributed by atoms with Crippen molar-refractivity contribution in [1.82, 2.24) is 29.3 Å². The van der Waals surface area contributed by atoms with Crippen molar-refractivity contribution in [2.45, 2.75) is 110 Å². The molecule has 2 amide bonds. The lowest BCUT2D eigenvalue weighted by atomic mass is 9.94. The summed E-state index contributed by atoms with van der Waals surface area (Å²) in [6, 6.07) is 4.07. The molecule has 2 fully saturated rings. The van der Waals surface area contributed by atoms with Crippen molar-refractivity contribution in [3.63, 3.8) is 0 Å². The third-order valence-electron chi connectivity index (χ3n) is 7.88. The number of amides is 2. The molecule has 1 saturated heterocycles. The van der Waals surface area contributed by atoms with Crippen LogP contribution in [0.4, 0.5) is 21.2 Å². The molecule has 13 heteroatoms. The van der Waals surface area contributed by atoms with Gasteiger partial charge >= 0.3 is 12.2 Å². The summed E-state index contributed by atoms with van der Waals surface area (Å²) in [5.74, 6) is 1.08. The molecule has 2 N–H and O–H groups in total. The SMILES string of the molecule is CC(C)c1cnn2c(N(Cc3ccnn3C3CC3)C(=O)OC(C)(C)C)cc(NC[C@H]3CCN(C(=O)OC(C)(C)C)C[C@@H]3O)nc12. The van der Waals surface area contributed by atoms with E-state index in [-0.39, 0.29) is 24.9 Å². The van der Waals surface area contributed by atoms with Crippen LogP contribution in [0.5, 0.6) is 0 Å². The Morgan fingerprint density at radius 3 is 2.42 bits per heavy atom. The zero-order chi connectivity index (χ0) is 32.7. The van der Waals surface area contributed by atoms with Gasteiger partial charge in [0, 0.05) is 36.8 Å². The number of piperidine rings is 1. The van der Waals surface area contributed by atoms with Crippen LogP contribution in [0.3, 0.4) is 0 Å². The largest absolute Gasteiger partial charge is 0.444 e. The smallest absolute Gasteiger partial charge is 0.416 e. The first-order chi connectivity index (χ1) is 21.1. The van der Waals surface area contributed by atoms with Crippen molar-refractivity contribution >= 4 is 29.5 Å². The molecule has 2 atom stereocenters. The summed E-state index contributed by atoms with van der Waals surface area (Å²) in [5, 5.41) is 23.6. The van der Waals surface area contributed by atoms with Crippen LogP contribution < -0.4 is 10.2 Å². The fourth-order valence-electron chi connectivity index (χ4n) is 5.43. The van der Waals surface area contributed by atoms with E-state index in [4.69, 9.17) is 14.5 Å². The fraction of sp³-hybridized carbons (Fsp3) is 0.656. The van der Waals surface area contributed by atoms with Crippen LogP contribution in [-0.4, -0.2) is 83.5 Å². The maximum absolute atomic E-state index is 13.8. The minimum atomic E-state index is -0.732. The van der Waals surface area contributed by atoms with Crippen molar-refractivity contribution < 1.29 is 24.2 Å². The number of aliphatic hydroxyl groups is 1. The van der Waals surface area contributed by atoms with Crippen LogP contribution in [0.1, 0.15) is 97.9 Å². The number of hydrogen-bond acceptors (Lipinski definition) is 9. The van der Waals surface area contributed by atoms with Crippen LogP contribution in [-0.2, 0) is 16.0 Å². The summed E-state index contributed by atoms with van der Waals surface area (Å²) in [6.07, 6.45) is 4.62. The molecule has 0 bridgehead atoms. The van der Waals surface area contributed by atoms with Crippen LogP contribution in [0.25, 0.3) is 5.65 Å². The van der Waals surface area contributed by atoms with E-state index < -0.39 is 29.5 Å². The maximum Gasteiger partial charge on any atom is 0.416 e. The number of aliphatic hydroxyl groups excluding tert-OH is 1. The van der Waals surface area contributed by atoms with Gasteiger partial charge in [-0.1, -0.05) is 13.8 Å². The molecule has 0 spiro atoms. The zero-order valence-corrected chi connectivity index (χ0v) is 27.8. The van der Waals surface area contributed by atoms with Gasteiger partial charge in [0.15, 0.2) is 5.65 Å². The monoisotopic (exact) mass is 624 g/mol. The van der Waals surface area contributed by atoms with Gasteiger partial charge in [0.2, 0.25) is 0 Å². The third-order valence-corrected chi connectivity index (χ3v) is 7.88. The van der Waals surface area contributed by atoms with Gasteiger partial charge in [-0.3, -0.25) is 9.58 Å². The first-order valence-corrected chi connectivity index (χ1v) is 15.9. The Labute approximate surface area is 264 Å². The lowest BCUT2D eigenvalue weighted by molar-refractivity contribution is -0.0104. The highest BCUT2D eigenvalue weighted by Crippen LogP contribution is 2.36. The Balaban J connectivity index is 1.43. The number of aromatic nitrogens is 5. The summed E-state index contributed by atoms with van der Waals surface area (Å²) in [7, 11) is 0. The number of anilines is 2. The normalized spacial score (nSPS) is 19.2. The molecule has 13 nitrogen and oxygen atoms in total. The summed E-state index contributed by atoms with van der Waals surface area (Å²) in [6.45, 7) is 16.5. The molecule has 0 aromatic carbocycles. The standard InChI is InChI=1S/C32H48N8O5/c1-20(2)24-17-35-40-27(38(30(43)45-32(6,7)8)18-23-11-13-34-39(23)22-9-10-22)15-26(36-28(24)40)33-16-21-12-14-37(19-25(21)41)29(42)44-31(3,4)5/h11,13,15,17,20-22,25,41H,9-10,12,14,16,18-19H2,1-8H3,(H,33,36)/t21-,25+/m1/s1. The van der Waals surface area contributed by atoms with Crippen molar-refractivity contribution in [2.75, 3.05) is 29.9 Å². The Morgan fingerprint density at radius 1 is 1.09 bits per heavy atom. The predicted molar refractivity (Wildman–Crippen MR) is 170 cm³/mol. The first-order valence-electron chi connectivity index (χ1n) is 15.9. The van der Waals surface area contributed by atoms with Gasteiger partial charge in [0.25, 0.3) is 0 Å². The minimum absolute atomic E-state index is 0.116.